The number of thioether (sulfide) groups is 1. The minimum absolute atomic E-state index is 0.103. The lowest BCUT2D eigenvalue weighted by Gasteiger charge is -2.32. The maximum absolute atomic E-state index is 12.7. The van der Waals surface area contributed by atoms with Gasteiger partial charge in [-0.3, -0.25) is 4.79 Å². The number of rotatable bonds is 5. The molecular formula is C14H16FNO4S. The van der Waals surface area contributed by atoms with Crippen LogP contribution >= 0.6 is 11.8 Å². The number of hydrogen-bond acceptors (Lipinski definition) is 4. The van der Waals surface area contributed by atoms with Crippen LogP contribution in [0.2, 0.25) is 0 Å². The van der Waals surface area contributed by atoms with Crippen LogP contribution in [-0.4, -0.2) is 52.6 Å². The molecule has 1 N–H and O–H groups in total. The second-order valence-electron chi connectivity index (χ2n) is 4.57. The first-order valence-corrected chi connectivity index (χ1v) is 7.72. The highest BCUT2D eigenvalue weighted by Crippen LogP contribution is 2.18. The summed E-state index contributed by atoms with van der Waals surface area (Å²) in [5.41, 5.74) is 0. The third-order valence-electron chi connectivity index (χ3n) is 3.13. The van der Waals surface area contributed by atoms with Gasteiger partial charge in [-0.25, -0.2) is 9.18 Å². The van der Waals surface area contributed by atoms with Crippen molar-refractivity contribution < 1.29 is 23.8 Å². The molecule has 21 heavy (non-hydrogen) atoms. The van der Waals surface area contributed by atoms with E-state index in [1.165, 1.54) is 40.9 Å². The van der Waals surface area contributed by atoms with Gasteiger partial charge in [-0.05, 0) is 24.3 Å². The number of carboxylic acids is 1. The van der Waals surface area contributed by atoms with Crippen molar-refractivity contribution in [1.29, 1.82) is 0 Å². The number of carboxylic acid groups (broad SMARTS) is 1. The van der Waals surface area contributed by atoms with Crippen LogP contribution < -0.4 is 4.74 Å². The molecule has 1 aromatic rings. The van der Waals surface area contributed by atoms with Gasteiger partial charge in [0.1, 0.15) is 17.6 Å². The quantitative estimate of drug-likeness (QED) is 0.895. The molecular weight excluding hydrogens is 297 g/mol. The number of amides is 1. The highest BCUT2D eigenvalue weighted by atomic mass is 32.2. The van der Waals surface area contributed by atoms with E-state index < -0.39 is 12.0 Å². The summed E-state index contributed by atoms with van der Waals surface area (Å²) in [7, 11) is 0. The maximum atomic E-state index is 12.7. The predicted molar refractivity (Wildman–Crippen MR) is 77.0 cm³/mol. The topological polar surface area (TPSA) is 66.8 Å². The molecule has 1 aliphatic rings. The minimum Gasteiger partial charge on any atom is -0.493 e. The molecule has 5 nitrogen and oxygen atoms in total. The van der Waals surface area contributed by atoms with E-state index in [0.29, 0.717) is 18.0 Å². The van der Waals surface area contributed by atoms with Crippen LogP contribution in [0.3, 0.4) is 0 Å². The van der Waals surface area contributed by atoms with Gasteiger partial charge in [-0.15, -0.1) is 0 Å². The van der Waals surface area contributed by atoms with Gasteiger partial charge in [0.2, 0.25) is 5.91 Å². The zero-order chi connectivity index (χ0) is 15.2. The SMILES string of the molecule is O=C(O)C1CSCCN1C(=O)CCOc1ccc(F)cc1. The van der Waals surface area contributed by atoms with Gasteiger partial charge in [-0.2, -0.15) is 11.8 Å². The third-order valence-corrected chi connectivity index (χ3v) is 4.15. The Bertz CT molecular complexity index is 508. The Kier molecular flexibility index (Phi) is 5.44. The zero-order valence-corrected chi connectivity index (χ0v) is 12.1. The second kappa shape index (κ2) is 7.31. The molecule has 114 valence electrons. The summed E-state index contributed by atoms with van der Waals surface area (Å²) in [6.45, 7) is 0.581. The van der Waals surface area contributed by atoms with Crippen molar-refractivity contribution >= 4 is 23.6 Å². The molecule has 0 radical (unpaired) electrons. The Morgan fingerprint density at radius 3 is 2.76 bits per heavy atom. The molecule has 0 bridgehead atoms. The molecule has 0 saturated carbocycles. The van der Waals surface area contributed by atoms with Crippen molar-refractivity contribution in [1.82, 2.24) is 4.90 Å². The van der Waals surface area contributed by atoms with Crippen LogP contribution in [0.5, 0.6) is 5.75 Å². The Labute approximate surface area is 126 Å². The molecule has 2 rings (SSSR count). The van der Waals surface area contributed by atoms with Crippen molar-refractivity contribution in [2.45, 2.75) is 12.5 Å². The van der Waals surface area contributed by atoms with Gasteiger partial charge < -0.3 is 14.7 Å². The van der Waals surface area contributed by atoms with E-state index >= 15 is 0 Å². The van der Waals surface area contributed by atoms with Crippen LogP contribution in [0, 0.1) is 5.82 Å². The molecule has 0 spiro atoms. The molecule has 1 aromatic carbocycles. The average Bonchev–Trinajstić information content (AvgIpc) is 2.49. The van der Waals surface area contributed by atoms with Crippen LogP contribution in [-0.2, 0) is 9.59 Å². The van der Waals surface area contributed by atoms with E-state index in [1.54, 1.807) is 0 Å². The lowest BCUT2D eigenvalue weighted by Crippen LogP contribution is -2.50. The fourth-order valence-electron chi connectivity index (χ4n) is 2.04. The fraction of sp³-hybridized carbons (Fsp3) is 0.429. The predicted octanol–water partition coefficient (Wildman–Crippen LogP) is 1.62. The van der Waals surface area contributed by atoms with Gasteiger partial charge >= 0.3 is 5.97 Å². The number of nitrogens with zero attached hydrogens (tertiary/aromatic N) is 1. The maximum Gasteiger partial charge on any atom is 0.327 e. The molecule has 0 aromatic heterocycles. The molecule has 1 saturated heterocycles. The van der Waals surface area contributed by atoms with Crippen molar-refractivity contribution in [3.8, 4) is 5.75 Å². The summed E-state index contributed by atoms with van der Waals surface area (Å²) in [5.74, 6) is 0.0790. The number of hydrogen-bond donors (Lipinski definition) is 1. The molecule has 1 heterocycles. The van der Waals surface area contributed by atoms with Crippen LogP contribution in [0.15, 0.2) is 24.3 Å². The lowest BCUT2D eigenvalue weighted by molar-refractivity contribution is -0.149. The van der Waals surface area contributed by atoms with Crippen molar-refractivity contribution in [3.05, 3.63) is 30.1 Å². The Balaban J connectivity index is 1.83. The van der Waals surface area contributed by atoms with Crippen LogP contribution in [0.25, 0.3) is 0 Å². The van der Waals surface area contributed by atoms with Gasteiger partial charge in [0.25, 0.3) is 0 Å². The van der Waals surface area contributed by atoms with Gasteiger partial charge in [0.05, 0.1) is 13.0 Å². The number of carbonyl (C=O) groups is 2. The van der Waals surface area contributed by atoms with Crippen LogP contribution in [0.4, 0.5) is 4.39 Å². The first-order chi connectivity index (χ1) is 10.1. The minimum atomic E-state index is -0.977. The summed E-state index contributed by atoms with van der Waals surface area (Å²) >= 11 is 1.53. The first kappa shape index (κ1) is 15.6. The smallest absolute Gasteiger partial charge is 0.327 e. The van der Waals surface area contributed by atoms with E-state index in [2.05, 4.69) is 0 Å². The molecule has 1 aliphatic heterocycles. The average molecular weight is 313 g/mol. The molecule has 1 amide bonds. The molecule has 1 unspecified atom stereocenters. The first-order valence-electron chi connectivity index (χ1n) is 6.56. The van der Waals surface area contributed by atoms with Crippen LogP contribution in [0.1, 0.15) is 6.42 Å². The Morgan fingerprint density at radius 2 is 2.10 bits per heavy atom. The lowest BCUT2D eigenvalue weighted by atomic mass is 10.2. The van der Waals surface area contributed by atoms with E-state index in [0.717, 1.165) is 5.75 Å². The van der Waals surface area contributed by atoms with E-state index in [9.17, 15) is 14.0 Å². The summed E-state index contributed by atoms with van der Waals surface area (Å²) in [4.78, 5) is 24.6. The number of benzene rings is 1. The monoisotopic (exact) mass is 313 g/mol. The highest BCUT2D eigenvalue weighted by Gasteiger charge is 2.31. The Hall–Kier alpha value is -1.76. The summed E-state index contributed by atoms with van der Waals surface area (Å²) in [6, 6.07) is 4.76. The second-order valence-corrected chi connectivity index (χ2v) is 5.72. The number of carbonyl (C=O) groups excluding carboxylic acids is 1. The van der Waals surface area contributed by atoms with E-state index in [1.807, 2.05) is 0 Å². The summed E-state index contributed by atoms with van der Waals surface area (Å²) in [5, 5.41) is 9.11. The van der Waals surface area contributed by atoms with Crippen molar-refractivity contribution in [2.24, 2.45) is 0 Å². The van der Waals surface area contributed by atoms with Gasteiger partial charge in [0, 0.05) is 18.1 Å². The standard InChI is InChI=1S/C14H16FNO4S/c15-10-1-3-11(4-2-10)20-7-5-13(17)16-6-8-21-9-12(16)14(18)19/h1-4,12H,5-9H2,(H,18,19). The van der Waals surface area contributed by atoms with Gasteiger partial charge in [-0.1, -0.05) is 0 Å². The van der Waals surface area contributed by atoms with Crippen molar-refractivity contribution in [2.75, 3.05) is 24.7 Å². The molecule has 7 heteroatoms. The third kappa shape index (κ3) is 4.35. The van der Waals surface area contributed by atoms with Crippen molar-refractivity contribution in [3.63, 3.8) is 0 Å². The normalized spacial score (nSPS) is 18.3. The largest absolute Gasteiger partial charge is 0.493 e. The molecule has 1 atom stereocenters. The Morgan fingerprint density at radius 1 is 1.38 bits per heavy atom. The summed E-state index contributed by atoms with van der Waals surface area (Å²) in [6.07, 6.45) is 0.103. The highest BCUT2D eigenvalue weighted by molar-refractivity contribution is 7.99. The molecule has 0 aliphatic carbocycles. The molecule has 1 fully saturated rings. The van der Waals surface area contributed by atoms with E-state index in [-0.39, 0.29) is 24.8 Å². The summed E-state index contributed by atoms with van der Waals surface area (Å²) < 4.78 is 18.1. The number of ether oxygens (including phenoxy) is 1. The van der Waals surface area contributed by atoms with E-state index in [4.69, 9.17) is 9.84 Å². The zero-order valence-electron chi connectivity index (χ0n) is 11.3. The number of aliphatic carboxylic acids is 1. The number of halogens is 1. The fourth-order valence-corrected chi connectivity index (χ4v) is 3.08. The van der Waals surface area contributed by atoms with Gasteiger partial charge in [0.15, 0.2) is 0 Å².